The van der Waals surface area contributed by atoms with E-state index in [1.807, 2.05) is 0 Å². The van der Waals surface area contributed by atoms with Crippen LogP contribution in [0.2, 0.25) is 0 Å². The number of nitrogens with one attached hydrogen (secondary N) is 1. The van der Waals surface area contributed by atoms with E-state index in [-0.39, 0.29) is 11.9 Å². The fraction of sp³-hybridized carbons (Fsp3) is 0.688. The highest BCUT2D eigenvalue weighted by molar-refractivity contribution is 7.07. The van der Waals surface area contributed by atoms with E-state index in [9.17, 15) is 4.79 Å². The van der Waals surface area contributed by atoms with Gasteiger partial charge in [0.25, 0.3) is 0 Å². The van der Waals surface area contributed by atoms with Gasteiger partial charge in [-0.05, 0) is 74.1 Å². The first-order chi connectivity index (χ1) is 9.67. The number of carbonyl (C=O) groups excluding carboxylic acids is 1. The molecule has 1 atom stereocenters. The van der Waals surface area contributed by atoms with Crippen molar-refractivity contribution < 1.29 is 4.79 Å². The largest absolute Gasteiger partial charge is 0.353 e. The lowest BCUT2D eigenvalue weighted by atomic mass is 9.93. The highest BCUT2D eigenvalue weighted by atomic mass is 32.1. The van der Waals surface area contributed by atoms with Gasteiger partial charge in [0.05, 0.1) is 0 Å². The lowest BCUT2D eigenvalue weighted by Gasteiger charge is -2.30. The van der Waals surface area contributed by atoms with Crippen LogP contribution in [0.15, 0.2) is 16.8 Å². The Kier molecular flexibility index (Phi) is 6.05. The Morgan fingerprint density at radius 2 is 2.25 bits per heavy atom. The van der Waals surface area contributed by atoms with Gasteiger partial charge in [-0.2, -0.15) is 11.3 Å². The van der Waals surface area contributed by atoms with Crippen LogP contribution in [0.3, 0.4) is 0 Å². The predicted molar refractivity (Wildman–Crippen MR) is 85.1 cm³/mol. The van der Waals surface area contributed by atoms with Crippen LogP contribution >= 0.6 is 11.3 Å². The van der Waals surface area contributed by atoms with Gasteiger partial charge in [-0.25, -0.2) is 0 Å². The van der Waals surface area contributed by atoms with Crippen molar-refractivity contribution >= 4 is 17.2 Å². The van der Waals surface area contributed by atoms with E-state index in [0.29, 0.717) is 12.3 Å². The maximum Gasteiger partial charge on any atom is 0.220 e. The number of hydrogen-bond acceptors (Lipinski definition) is 3. The second-order valence-electron chi connectivity index (χ2n) is 5.89. The normalized spacial score (nSPS) is 18.9. The molecule has 1 amide bonds. The molecule has 20 heavy (non-hydrogen) atoms. The fourth-order valence-electron chi connectivity index (χ4n) is 2.92. The van der Waals surface area contributed by atoms with Crippen molar-refractivity contribution in [1.82, 2.24) is 10.2 Å². The van der Waals surface area contributed by atoms with Gasteiger partial charge in [-0.1, -0.05) is 6.92 Å². The van der Waals surface area contributed by atoms with E-state index >= 15 is 0 Å². The highest BCUT2D eigenvalue weighted by Crippen LogP contribution is 2.20. The van der Waals surface area contributed by atoms with E-state index in [1.54, 1.807) is 11.3 Å². The van der Waals surface area contributed by atoms with E-state index in [0.717, 1.165) is 26.1 Å². The number of amides is 1. The molecule has 0 spiro atoms. The molecule has 2 rings (SSSR count). The van der Waals surface area contributed by atoms with Gasteiger partial charge in [0.1, 0.15) is 0 Å². The van der Waals surface area contributed by atoms with Crippen molar-refractivity contribution in [3.63, 3.8) is 0 Å². The molecular weight excluding hydrogens is 268 g/mol. The third kappa shape index (κ3) is 4.91. The first-order valence-electron chi connectivity index (χ1n) is 7.70. The zero-order chi connectivity index (χ0) is 14.4. The van der Waals surface area contributed by atoms with Crippen molar-refractivity contribution in [2.24, 2.45) is 5.92 Å². The number of piperidine rings is 1. The van der Waals surface area contributed by atoms with Crippen molar-refractivity contribution in [1.29, 1.82) is 0 Å². The van der Waals surface area contributed by atoms with Crippen LogP contribution in [-0.4, -0.2) is 36.5 Å². The van der Waals surface area contributed by atoms with Gasteiger partial charge in [0, 0.05) is 12.5 Å². The molecule has 1 unspecified atom stereocenters. The van der Waals surface area contributed by atoms with Gasteiger partial charge in [0.2, 0.25) is 5.91 Å². The molecule has 2 heterocycles. The van der Waals surface area contributed by atoms with Crippen molar-refractivity contribution in [2.75, 3.05) is 19.6 Å². The summed E-state index contributed by atoms with van der Waals surface area (Å²) in [7, 11) is 0. The van der Waals surface area contributed by atoms with Gasteiger partial charge in [-0.3, -0.25) is 4.79 Å². The molecular formula is C16H26N2OS. The Balaban J connectivity index is 1.67. The molecule has 0 saturated carbocycles. The molecule has 4 heteroatoms. The lowest BCUT2D eigenvalue weighted by molar-refractivity contribution is -0.122. The smallest absolute Gasteiger partial charge is 0.220 e. The maximum absolute atomic E-state index is 12.1. The Labute approximate surface area is 126 Å². The molecule has 1 aliphatic heterocycles. The average Bonchev–Trinajstić information content (AvgIpc) is 2.92. The molecule has 0 aliphatic carbocycles. The monoisotopic (exact) mass is 294 g/mol. The summed E-state index contributed by atoms with van der Waals surface area (Å²) in [4.78, 5) is 14.5. The highest BCUT2D eigenvalue weighted by Gasteiger charge is 2.21. The molecule has 1 N–H and O–H groups in total. The summed E-state index contributed by atoms with van der Waals surface area (Å²) in [6, 6.07) is 2.36. The Bertz CT molecular complexity index is 397. The van der Waals surface area contributed by atoms with Gasteiger partial charge in [-0.15, -0.1) is 0 Å². The summed E-state index contributed by atoms with van der Waals surface area (Å²) in [5.74, 6) is 0.800. The number of likely N-dealkylation sites (tertiary alicyclic amines) is 1. The third-order valence-corrected chi connectivity index (χ3v) is 4.89. The SMILES string of the molecule is CCN1CCC(CC(=O)NC(C)Cc2ccsc2)CC1. The standard InChI is InChI=1S/C16H26N2OS/c1-3-18-7-4-14(5-8-18)11-16(19)17-13(2)10-15-6-9-20-12-15/h6,9,12-14H,3-5,7-8,10-11H2,1-2H3,(H,17,19). The first-order valence-corrected chi connectivity index (χ1v) is 8.64. The Morgan fingerprint density at radius 3 is 2.85 bits per heavy atom. The predicted octanol–water partition coefficient (Wildman–Crippen LogP) is 2.92. The van der Waals surface area contributed by atoms with Gasteiger partial charge in [0.15, 0.2) is 0 Å². The molecule has 1 aromatic rings. The van der Waals surface area contributed by atoms with Crippen LogP contribution in [-0.2, 0) is 11.2 Å². The minimum atomic E-state index is 0.225. The number of nitrogens with zero attached hydrogens (tertiary/aromatic N) is 1. The maximum atomic E-state index is 12.1. The molecule has 1 aromatic heterocycles. The second kappa shape index (κ2) is 7.79. The third-order valence-electron chi connectivity index (χ3n) is 4.16. The summed E-state index contributed by atoms with van der Waals surface area (Å²) in [5.41, 5.74) is 1.32. The van der Waals surface area contributed by atoms with Crippen LogP contribution in [0.1, 0.15) is 38.7 Å². The number of rotatable bonds is 6. The second-order valence-corrected chi connectivity index (χ2v) is 6.67. The summed E-state index contributed by atoms with van der Waals surface area (Å²) in [5, 5.41) is 7.39. The van der Waals surface area contributed by atoms with Crippen LogP contribution < -0.4 is 5.32 Å². The molecule has 112 valence electrons. The number of hydrogen-bond donors (Lipinski definition) is 1. The fourth-order valence-corrected chi connectivity index (χ4v) is 3.60. The minimum Gasteiger partial charge on any atom is -0.353 e. The topological polar surface area (TPSA) is 32.3 Å². The summed E-state index contributed by atoms with van der Waals surface area (Å²) < 4.78 is 0. The van der Waals surface area contributed by atoms with E-state index in [4.69, 9.17) is 0 Å². The molecule has 1 aliphatic rings. The van der Waals surface area contributed by atoms with Crippen LogP contribution in [0, 0.1) is 5.92 Å². The lowest BCUT2D eigenvalue weighted by Crippen LogP contribution is -2.38. The van der Waals surface area contributed by atoms with Gasteiger partial charge < -0.3 is 10.2 Å². The molecule has 1 saturated heterocycles. The minimum absolute atomic E-state index is 0.225. The summed E-state index contributed by atoms with van der Waals surface area (Å²) in [6.07, 6.45) is 3.97. The zero-order valence-electron chi connectivity index (χ0n) is 12.6. The van der Waals surface area contributed by atoms with Gasteiger partial charge >= 0.3 is 0 Å². The summed E-state index contributed by atoms with van der Waals surface area (Å²) in [6.45, 7) is 7.74. The molecule has 3 nitrogen and oxygen atoms in total. The molecule has 0 bridgehead atoms. The zero-order valence-corrected chi connectivity index (χ0v) is 13.4. The van der Waals surface area contributed by atoms with Crippen LogP contribution in [0.25, 0.3) is 0 Å². The van der Waals surface area contributed by atoms with E-state index in [1.165, 1.54) is 18.4 Å². The molecule has 0 aromatic carbocycles. The van der Waals surface area contributed by atoms with Crippen LogP contribution in [0.4, 0.5) is 0 Å². The van der Waals surface area contributed by atoms with E-state index < -0.39 is 0 Å². The molecule has 0 radical (unpaired) electrons. The molecule has 1 fully saturated rings. The number of thiophene rings is 1. The van der Waals surface area contributed by atoms with Crippen molar-refractivity contribution in [2.45, 2.75) is 45.6 Å². The first kappa shape index (κ1) is 15.5. The Morgan fingerprint density at radius 1 is 1.50 bits per heavy atom. The quantitative estimate of drug-likeness (QED) is 0.875. The van der Waals surface area contributed by atoms with Crippen molar-refractivity contribution in [3.05, 3.63) is 22.4 Å². The average molecular weight is 294 g/mol. The van der Waals surface area contributed by atoms with E-state index in [2.05, 4.69) is 40.9 Å². The van der Waals surface area contributed by atoms with Crippen molar-refractivity contribution in [3.8, 4) is 0 Å². The van der Waals surface area contributed by atoms with Crippen LogP contribution in [0.5, 0.6) is 0 Å². The number of carbonyl (C=O) groups is 1. The Hall–Kier alpha value is -0.870. The summed E-state index contributed by atoms with van der Waals surface area (Å²) >= 11 is 1.71.